The third kappa shape index (κ3) is 12.5. The quantitative estimate of drug-likeness (QED) is 0.0944. The number of nitrogens with zero attached hydrogens (tertiary/aromatic N) is 1. The van der Waals surface area contributed by atoms with E-state index >= 15 is 0 Å². The van der Waals surface area contributed by atoms with Gasteiger partial charge in [-0.05, 0) is 54.9 Å². The van der Waals surface area contributed by atoms with Crippen molar-refractivity contribution in [1.82, 2.24) is 26.2 Å². The molecular formula is C32H44ClN7O8S. The number of urea groups is 1. The third-order valence-corrected chi connectivity index (χ3v) is 9.36. The van der Waals surface area contributed by atoms with Crippen LogP contribution in [0.4, 0.5) is 4.79 Å². The van der Waals surface area contributed by atoms with Crippen LogP contribution in [-0.4, -0.2) is 104 Å². The third-order valence-electron chi connectivity index (χ3n) is 8.14. The highest BCUT2D eigenvalue weighted by molar-refractivity contribution is 7.90. The van der Waals surface area contributed by atoms with E-state index in [1.165, 1.54) is 4.90 Å². The Labute approximate surface area is 290 Å². The molecule has 1 saturated heterocycles. The van der Waals surface area contributed by atoms with Crippen molar-refractivity contribution >= 4 is 67.8 Å². The molecule has 3 unspecified atom stereocenters. The van der Waals surface area contributed by atoms with Crippen molar-refractivity contribution in [3.05, 3.63) is 48.0 Å². The van der Waals surface area contributed by atoms with Crippen LogP contribution in [0.1, 0.15) is 44.1 Å². The van der Waals surface area contributed by atoms with Crippen LogP contribution in [-0.2, 0) is 40.2 Å². The zero-order chi connectivity index (χ0) is 36.1. The lowest BCUT2D eigenvalue weighted by Gasteiger charge is -2.37. The molecule has 0 radical (unpaired) electrons. The minimum atomic E-state index is -3.49. The van der Waals surface area contributed by atoms with Gasteiger partial charge < -0.3 is 37.6 Å². The van der Waals surface area contributed by atoms with Crippen LogP contribution in [0.2, 0.25) is 0 Å². The maximum atomic E-state index is 13.9. The first-order valence-corrected chi connectivity index (χ1v) is 18.5. The first-order valence-electron chi connectivity index (χ1n) is 15.9. The molecule has 0 bridgehead atoms. The van der Waals surface area contributed by atoms with Gasteiger partial charge in [0.25, 0.3) is 0 Å². The number of hydrogen-bond donors (Lipinski definition) is 6. The van der Waals surface area contributed by atoms with Gasteiger partial charge in [-0.15, -0.1) is 11.6 Å². The lowest BCUT2D eigenvalue weighted by atomic mass is 9.97. The second-order valence-electron chi connectivity index (χ2n) is 12.1. The monoisotopic (exact) mass is 721 g/mol. The van der Waals surface area contributed by atoms with Crippen LogP contribution in [0, 0.1) is 0 Å². The van der Waals surface area contributed by atoms with E-state index in [0.29, 0.717) is 18.4 Å². The number of piperidine rings is 1. The molecule has 1 aliphatic heterocycles. The number of halogens is 1. The first-order chi connectivity index (χ1) is 23.2. The number of fused-ring (bicyclic) bond motifs is 1. The second kappa shape index (κ2) is 18.4. The van der Waals surface area contributed by atoms with Gasteiger partial charge in [-0.2, -0.15) is 0 Å². The summed E-state index contributed by atoms with van der Waals surface area (Å²) in [5.74, 6) is -4.30. The molecule has 0 saturated carbocycles. The Bertz CT molecular complexity index is 1640. The topological polar surface area (TPSA) is 240 Å². The number of carbonyl (C=O) groups excluding carboxylic acids is 6. The van der Waals surface area contributed by atoms with Crippen LogP contribution in [0.15, 0.2) is 42.5 Å². The molecule has 3 rings (SSSR count). The molecule has 7 amide bonds. The summed E-state index contributed by atoms with van der Waals surface area (Å²) in [6, 6.07) is 7.85. The maximum absolute atomic E-state index is 13.9. The number of sulfone groups is 1. The summed E-state index contributed by atoms with van der Waals surface area (Å²) in [6.45, 7) is 0.308. The number of amides is 7. The zero-order valence-electron chi connectivity index (χ0n) is 27.3. The summed E-state index contributed by atoms with van der Waals surface area (Å²) in [4.78, 5) is 78.0. The Morgan fingerprint density at radius 3 is 2.29 bits per heavy atom. The predicted molar refractivity (Wildman–Crippen MR) is 184 cm³/mol. The van der Waals surface area contributed by atoms with Gasteiger partial charge in [-0.3, -0.25) is 24.0 Å². The summed E-state index contributed by atoms with van der Waals surface area (Å²) in [5.41, 5.74) is 11.4. The molecule has 268 valence electrons. The van der Waals surface area contributed by atoms with Crippen molar-refractivity contribution in [3.63, 3.8) is 0 Å². The molecule has 1 aliphatic rings. The predicted octanol–water partition coefficient (Wildman–Crippen LogP) is -0.175. The van der Waals surface area contributed by atoms with E-state index in [-0.39, 0.29) is 50.9 Å². The van der Waals surface area contributed by atoms with E-state index in [2.05, 4.69) is 21.3 Å². The van der Waals surface area contributed by atoms with Gasteiger partial charge in [0.05, 0.1) is 5.75 Å². The van der Waals surface area contributed by atoms with Crippen molar-refractivity contribution in [3.8, 4) is 0 Å². The molecule has 2 aromatic rings. The molecule has 15 nitrogen and oxygen atoms in total. The van der Waals surface area contributed by atoms with Gasteiger partial charge in [0.15, 0.2) is 0 Å². The lowest BCUT2D eigenvalue weighted by Crippen LogP contribution is -2.60. The highest BCUT2D eigenvalue weighted by Crippen LogP contribution is 2.21. The molecule has 8 N–H and O–H groups in total. The Hall–Kier alpha value is -4.44. The number of carbonyl (C=O) groups is 6. The summed E-state index contributed by atoms with van der Waals surface area (Å²) in [6.07, 6.45) is 2.59. The number of rotatable bonds is 17. The molecule has 49 heavy (non-hydrogen) atoms. The van der Waals surface area contributed by atoms with Gasteiger partial charge in [-0.25, -0.2) is 13.2 Å². The van der Waals surface area contributed by atoms with Crippen LogP contribution in [0.3, 0.4) is 0 Å². The number of nitrogens with two attached hydrogens (primary N) is 2. The fraction of sp³-hybridized carbons (Fsp3) is 0.500. The van der Waals surface area contributed by atoms with Crippen LogP contribution in [0.25, 0.3) is 10.8 Å². The van der Waals surface area contributed by atoms with Crippen molar-refractivity contribution in [2.75, 3.05) is 31.0 Å². The zero-order valence-corrected chi connectivity index (χ0v) is 28.9. The number of likely N-dealkylation sites (tertiary alicyclic amines) is 1. The molecule has 17 heteroatoms. The van der Waals surface area contributed by atoms with Gasteiger partial charge in [-0.1, -0.05) is 42.5 Å². The highest BCUT2D eigenvalue weighted by Gasteiger charge is 2.38. The minimum absolute atomic E-state index is 0.0283. The van der Waals surface area contributed by atoms with Gasteiger partial charge in [0.1, 0.15) is 39.9 Å². The normalized spacial score (nSPS) is 16.5. The highest BCUT2D eigenvalue weighted by atomic mass is 35.5. The summed E-state index contributed by atoms with van der Waals surface area (Å²) >= 11 is 5.64. The van der Waals surface area contributed by atoms with E-state index in [1.807, 2.05) is 42.5 Å². The van der Waals surface area contributed by atoms with Gasteiger partial charge >= 0.3 is 6.03 Å². The van der Waals surface area contributed by atoms with Crippen molar-refractivity contribution in [2.24, 2.45) is 11.5 Å². The van der Waals surface area contributed by atoms with E-state index in [0.717, 1.165) is 17.0 Å². The van der Waals surface area contributed by atoms with E-state index in [1.54, 1.807) is 0 Å². The Kier molecular flexibility index (Phi) is 14.6. The molecule has 0 aliphatic carbocycles. The fourth-order valence-electron chi connectivity index (χ4n) is 5.64. The number of primary amides is 2. The molecular weight excluding hydrogens is 678 g/mol. The maximum Gasteiger partial charge on any atom is 0.312 e. The van der Waals surface area contributed by atoms with Gasteiger partial charge in [0, 0.05) is 25.8 Å². The SMILES string of the molecule is CS(=O)(=O)CCC(NC(=O)CCl)C(=O)N1CCCC[C@H]1C(=O)NC(Cc1ccc2ccccc2c1)C(=O)NC(CCCNC(N)=O)C(N)=O. The van der Waals surface area contributed by atoms with Crippen molar-refractivity contribution in [1.29, 1.82) is 0 Å². The standard InChI is InChI=1S/C32H44ClN7O8S/c1-49(47,48)16-13-24(37-27(41)19-33)31(45)40-15-5-4-10-26(40)30(44)39-25(18-20-11-12-21-7-2-3-8-22(21)17-20)29(43)38-23(28(34)42)9-6-14-36-32(35)46/h2-3,7-8,11-12,17,23-26H,4-6,9-10,13-16,18-19H2,1H3,(H2,34,42)(H,37,41)(H,38,43)(H,39,44)(H3,35,36,46)/t23?,24?,25?,26-/m0/s1. The molecule has 0 spiro atoms. The average Bonchev–Trinajstić information content (AvgIpc) is 3.06. The average molecular weight is 722 g/mol. The van der Waals surface area contributed by atoms with Crippen LogP contribution < -0.4 is 32.7 Å². The number of alkyl halides is 1. The van der Waals surface area contributed by atoms with Gasteiger partial charge in [0.2, 0.25) is 29.5 Å². The Morgan fingerprint density at radius 1 is 0.918 bits per heavy atom. The summed E-state index contributed by atoms with van der Waals surface area (Å²) < 4.78 is 23.7. The fourth-order valence-corrected chi connectivity index (χ4v) is 6.39. The Balaban J connectivity index is 1.86. The number of nitrogens with one attached hydrogen (secondary N) is 4. The van der Waals surface area contributed by atoms with E-state index in [9.17, 15) is 37.2 Å². The lowest BCUT2D eigenvalue weighted by molar-refractivity contribution is -0.145. The van der Waals surface area contributed by atoms with Crippen molar-refractivity contribution in [2.45, 2.75) is 69.1 Å². The molecule has 0 aromatic heterocycles. The smallest absolute Gasteiger partial charge is 0.312 e. The molecule has 2 aromatic carbocycles. The Morgan fingerprint density at radius 2 is 1.63 bits per heavy atom. The second-order valence-corrected chi connectivity index (χ2v) is 14.6. The summed E-state index contributed by atoms with van der Waals surface area (Å²) in [5, 5.41) is 12.1. The summed E-state index contributed by atoms with van der Waals surface area (Å²) in [7, 11) is -3.49. The number of benzene rings is 2. The largest absolute Gasteiger partial charge is 0.368 e. The first kappa shape index (κ1) is 39.0. The van der Waals surface area contributed by atoms with Crippen molar-refractivity contribution < 1.29 is 37.2 Å². The molecule has 4 atom stereocenters. The van der Waals surface area contributed by atoms with E-state index in [4.69, 9.17) is 23.1 Å². The minimum Gasteiger partial charge on any atom is -0.368 e. The van der Waals surface area contributed by atoms with E-state index < -0.39 is 75.5 Å². The van der Waals surface area contributed by atoms with Crippen LogP contribution in [0.5, 0.6) is 0 Å². The van der Waals surface area contributed by atoms with Crippen LogP contribution >= 0.6 is 11.6 Å². The number of hydrogen-bond acceptors (Lipinski definition) is 8. The molecule has 1 fully saturated rings. The molecule has 1 heterocycles.